The molecule has 0 aliphatic carbocycles. The summed E-state index contributed by atoms with van der Waals surface area (Å²) in [6.07, 6.45) is -0.485. The molecule has 1 fully saturated rings. The van der Waals surface area contributed by atoms with Crippen LogP contribution in [0.4, 0.5) is 8.78 Å². The highest BCUT2D eigenvalue weighted by Gasteiger charge is 2.43. The average molecular weight is 278 g/mol. The molecule has 18 heavy (non-hydrogen) atoms. The fraction of sp³-hybridized carbons (Fsp3) is 0.417. The Hall–Kier alpha value is -1.20. The summed E-state index contributed by atoms with van der Waals surface area (Å²) in [5, 5.41) is 2.46. The van der Waals surface area contributed by atoms with E-state index in [4.69, 9.17) is 4.74 Å². The van der Waals surface area contributed by atoms with E-state index in [1.807, 2.05) is 30.3 Å². The smallest absolute Gasteiger partial charge is 0.323 e. The van der Waals surface area contributed by atoms with Gasteiger partial charge in [-0.25, -0.2) is 8.78 Å². The van der Waals surface area contributed by atoms with Crippen molar-refractivity contribution in [1.29, 1.82) is 0 Å². The second kappa shape index (κ2) is 6.11. The van der Waals surface area contributed by atoms with Crippen molar-refractivity contribution >= 4 is 18.4 Å². The first-order valence-electron chi connectivity index (χ1n) is 5.39. The van der Waals surface area contributed by atoms with E-state index in [0.717, 1.165) is 5.56 Å². The van der Waals surface area contributed by atoms with Crippen molar-refractivity contribution in [1.82, 2.24) is 5.32 Å². The lowest BCUT2D eigenvalue weighted by atomic mass is 10.2. The minimum absolute atomic E-state index is 0. The lowest BCUT2D eigenvalue weighted by Crippen LogP contribution is -2.32. The quantitative estimate of drug-likeness (QED) is 0.861. The number of hydrogen-bond acceptors (Lipinski definition) is 3. The molecule has 0 bridgehead atoms. The van der Waals surface area contributed by atoms with Crippen molar-refractivity contribution in [2.75, 3.05) is 6.54 Å². The van der Waals surface area contributed by atoms with Crippen LogP contribution in [0.2, 0.25) is 0 Å². The molecular formula is C12H14ClF2NO2. The number of carbonyl (C=O) groups excluding carboxylic acids is 1. The Morgan fingerprint density at radius 1 is 1.39 bits per heavy atom. The molecule has 0 aromatic heterocycles. The second-order valence-electron chi connectivity index (χ2n) is 4.09. The van der Waals surface area contributed by atoms with Gasteiger partial charge in [0.1, 0.15) is 12.6 Å². The predicted octanol–water partition coefficient (Wildman–Crippen LogP) is 2.15. The Morgan fingerprint density at radius 3 is 2.61 bits per heavy atom. The molecule has 1 aliphatic heterocycles. The molecule has 0 spiro atoms. The van der Waals surface area contributed by atoms with E-state index in [2.05, 4.69) is 5.32 Å². The van der Waals surface area contributed by atoms with E-state index in [-0.39, 0.29) is 19.0 Å². The zero-order valence-electron chi connectivity index (χ0n) is 9.57. The molecule has 0 saturated carbocycles. The van der Waals surface area contributed by atoms with Gasteiger partial charge in [-0.2, -0.15) is 0 Å². The number of hydrogen-bond donors (Lipinski definition) is 1. The zero-order valence-corrected chi connectivity index (χ0v) is 10.4. The van der Waals surface area contributed by atoms with E-state index >= 15 is 0 Å². The largest absolute Gasteiger partial charge is 0.460 e. The third kappa shape index (κ3) is 3.92. The number of halogens is 3. The van der Waals surface area contributed by atoms with E-state index in [9.17, 15) is 13.6 Å². The standard InChI is InChI=1S/C12H13F2NO2.ClH/c13-12(14)6-10(15-8-12)11(16)17-7-9-4-2-1-3-5-9;/h1-5,10,15H,6-8H2;1H/t10-;/m1./s1. The van der Waals surface area contributed by atoms with Crippen molar-refractivity contribution in [2.24, 2.45) is 0 Å². The fourth-order valence-electron chi connectivity index (χ4n) is 1.71. The summed E-state index contributed by atoms with van der Waals surface area (Å²) >= 11 is 0. The Kier molecular flexibility index (Phi) is 5.04. The van der Waals surface area contributed by atoms with Crippen LogP contribution in [-0.2, 0) is 16.1 Å². The third-order valence-corrected chi connectivity index (χ3v) is 2.62. The molecule has 0 radical (unpaired) electrons. The molecule has 100 valence electrons. The van der Waals surface area contributed by atoms with Gasteiger partial charge in [-0.1, -0.05) is 30.3 Å². The van der Waals surface area contributed by atoms with Crippen molar-refractivity contribution in [3.05, 3.63) is 35.9 Å². The van der Waals surface area contributed by atoms with Gasteiger partial charge in [0, 0.05) is 6.42 Å². The highest BCUT2D eigenvalue weighted by Crippen LogP contribution is 2.25. The molecule has 0 unspecified atom stereocenters. The molecule has 1 atom stereocenters. The number of nitrogens with one attached hydrogen (secondary N) is 1. The molecular weight excluding hydrogens is 264 g/mol. The minimum Gasteiger partial charge on any atom is -0.460 e. The fourth-order valence-corrected chi connectivity index (χ4v) is 1.71. The maximum absolute atomic E-state index is 12.8. The van der Waals surface area contributed by atoms with Gasteiger partial charge in [0.15, 0.2) is 0 Å². The summed E-state index contributed by atoms with van der Waals surface area (Å²) in [5.41, 5.74) is 0.839. The van der Waals surface area contributed by atoms with Crippen LogP contribution in [0.3, 0.4) is 0 Å². The van der Waals surface area contributed by atoms with Crippen molar-refractivity contribution in [2.45, 2.75) is 25.0 Å². The molecule has 1 N–H and O–H groups in total. The van der Waals surface area contributed by atoms with Gasteiger partial charge in [0.25, 0.3) is 5.92 Å². The number of carbonyl (C=O) groups is 1. The molecule has 1 aromatic rings. The third-order valence-electron chi connectivity index (χ3n) is 2.62. The Balaban J connectivity index is 0.00000162. The van der Waals surface area contributed by atoms with Crippen LogP contribution in [0.5, 0.6) is 0 Å². The van der Waals surface area contributed by atoms with Crippen molar-refractivity contribution in [3.8, 4) is 0 Å². The number of benzene rings is 1. The van der Waals surface area contributed by atoms with Gasteiger partial charge < -0.3 is 4.74 Å². The van der Waals surface area contributed by atoms with Crippen molar-refractivity contribution < 1.29 is 18.3 Å². The number of ether oxygens (including phenoxy) is 1. The van der Waals surface area contributed by atoms with Gasteiger partial charge >= 0.3 is 5.97 Å². The second-order valence-corrected chi connectivity index (χ2v) is 4.09. The first kappa shape index (κ1) is 14.9. The Morgan fingerprint density at radius 2 is 2.06 bits per heavy atom. The summed E-state index contributed by atoms with van der Waals surface area (Å²) < 4.78 is 30.7. The number of alkyl halides is 2. The first-order valence-corrected chi connectivity index (χ1v) is 5.39. The van der Waals surface area contributed by atoms with E-state index < -0.39 is 30.9 Å². The highest BCUT2D eigenvalue weighted by molar-refractivity contribution is 5.85. The average Bonchev–Trinajstić information content (AvgIpc) is 2.68. The highest BCUT2D eigenvalue weighted by atomic mass is 35.5. The summed E-state index contributed by atoms with van der Waals surface area (Å²) in [6.45, 7) is -0.346. The van der Waals surface area contributed by atoms with E-state index in [1.165, 1.54) is 0 Å². The van der Waals surface area contributed by atoms with Crippen LogP contribution in [0.1, 0.15) is 12.0 Å². The summed E-state index contributed by atoms with van der Waals surface area (Å²) in [6, 6.07) is 8.22. The van der Waals surface area contributed by atoms with Gasteiger partial charge in [0.2, 0.25) is 0 Å². The van der Waals surface area contributed by atoms with Gasteiger partial charge in [-0.3, -0.25) is 10.1 Å². The molecule has 1 aromatic carbocycles. The minimum atomic E-state index is -2.81. The molecule has 2 rings (SSSR count). The van der Waals surface area contributed by atoms with Crippen LogP contribution in [0, 0.1) is 0 Å². The lowest BCUT2D eigenvalue weighted by Gasteiger charge is -2.10. The number of rotatable bonds is 3. The topological polar surface area (TPSA) is 38.3 Å². The Labute approximate surface area is 110 Å². The van der Waals surface area contributed by atoms with Gasteiger partial charge in [-0.15, -0.1) is 12.4 Å². The first-order chi connectivity index (χ1) is 8.07. The lowest BCUT2D eigenvalue weighted by molar-refractivity contribution is -0.147. The van der Waals surface area contributed by atoms with Crippen LogP contribution in [-0.4, -0.2) is 24.5 Å². The van der Waals surface area contributed by atoms with Gasteiger partial charge in [-0.05, 0) is 5.56 Å². The van der Waals surface area contributed by atoms with E-state index in [1.54, 1.807) is 0 Å². The maximum atomic E-state index is 12.8. The summed E-state index contributed by atoms with van der Waals surface area (Å²) in [4.78, 5) is 11.5. The van der Waals surface area contributed by atoms with Crippen molar-refractivity contribution in [3.63, 3.8) is 0 Å². The van der Waals surface area contributed by atoms with Crippen LogP contribution in [0.15, 0.2) is 30.3 Å². The molecule has 0 amide bonds. The Bertz CT molecular complexity index is 400. The maximum Gasteiger partial charge on any atom is 0.323 e. The SMILES string of the molecule is Cl.O=C(OCc1ccccc1)[C@H]1CC(F)(F)CN1. The van der Waals surface area contributed by atoms with Crippen LogP contribution >= 0.6 is 12.4 Å². The molecule has 1 heterocycles. The summed E-state index contributed by atoms with van der Waals surface area (Å²) in [5.74, 6) is -3.43. The van der Waals surface area contributed by atoms with Gasteiger partial charge in [0.05, 0.1) is 6.54 Å². The van der Waals surface area contributed by atoms with Crippen LogP contribution < -0.4 is 5.32 Å². The van der Waals surface area contributed by atoms with E-state index in [0.29, 0.717) is 0 Å². The summed E-state index contributed by atoms with van der Waals surface area (Å²) in [7, 11) is 0. The number of esters is 1. The van der Waals surface area contributed by atoms with Crippen LogP contribution in [0.25, 0.3) is 0 Å². The normalized spacial score (nSPS) is 21.1. The monoisotopic (exact) mass is 277 g/mol. The zero-order chi connectivity index (χ0) is 12.3. The molecule has 1 saturated heterocycles. The predicted molar refractivity (Wildman–Crippen MR) is 64.8 cm³/mol. The molecule has 3 nitrogen and oxygen atoms in total. The molecule has 6 heteroatoms. The molecule has 1 aliphatic rings.